The van der Waals surface area contributed by atoms with E-state index in [1.54, 1.807) is 13.2 Å². The van der Waals surface area contributed by atoms with Crippen molar-refractivity contribution in [1.29, 1.82) is 0 Å². The first-order valence-corrected chi connectivity index (χ1v) is 6.20. The molecule has 0 aliphatic carbocycles. The summed E-state index contributed by atoms with van der Waals surface area (Å²) in [7, 11) is 1.59. The summed E-state index contributed by atoms with van der Waals surface area (Å²) >= 11 is 5.52. The van der Waals surface area contributed by atoms with Crippen molar-refractivity contribution in [2.24, 2.45) is 0 Å². The summed E-state index contributed by atoms with van der Waals surface area (Å²) in [5, 5.41) is 0. The zero-order valence-electron chi connectivity index (χ0n) is 10.5. The number of hydrogen-bond acceptors (Lipinski definition) is 2. The summed E-state index contributed by atoms with van der Waals surface area (Å²) in [5.74, 6) is 6.26. The fraction of sp³-hybridized carbons (Fsp3) is 0.429. The minimum atomic E-state index is -0.368. The SMILES string of the molecule is COCC(C)Oc1cc(F)cc(C#CCCCl)c1. The van der Waals surface area contributed by atoms with Crippen LogP contribution in [0.3, 0.4) is 0 Å². The van der Waals surface area contributed by atoms with Crippen molar-refractivity contribution in [3.63, 3.8) is 0 Å². The van der Waals surface area contributed by atoms with Crippen LogP contribution in [0.1, 0.15) is 18.9 Å². The van der Waals surface area contributed by atoms with Crippen molar-refractivity contribution in [3.05, 3.63) is 29.6 Å². The highest BCUT2D eigenvalue weighted by Gasteiger charge is 2.05. The highest BCUT2D eigenvalue weighted by Crippen LogP contribution is 2.17. The average molecular weight is 271 g/mol. The summed E-state index contributed by atoms with van der Waals surface area (Å²) in [6, 6.07) is 4.41. The van der Waals surface area contributed by atoms with Crippen LogP contribution < -0.4 is 4.74 Å². The van der Waals surface area contributed by atoms with Crippen LogP contribution in [0.4, 0.5) is 4.39 Å². The van der Waals surface area contributed by atoms with Crippen molar-refractivity contribution in [1.82, 2.24) is 0 Å². The van der Waals surface area contributed by atoms with E-state index in [9.17, 15) is 4.39 Å². The normalized spacial score (nSPS) is 11.6. The summed E-state index contributed by atoms with van der Waals surface area (Å²) in [6.45, 7) is 2.30. The number of ether oxygens (including phenoxy) is 2. The molecule has 0 heterocycles. The van der Waals surface area contributed by atoms with Crippen LogP contribution in [0, 0.1) is 17.7 Å². The molecule has 18 heavy (non-hydrogen) atoms. The van der Waals surface area contributed by atoms with E-state index in [0.29, 0.717) is 30.2 Å². The van der Waals surface area contributed by atoms with Gasteiger partial charge < -0.3 is 9.47 Å². The highest BCUT2D eigenvalue weighted by molar-refractivity contribution is 6.18. The van der Waals surface area contributed by atoms with E-state index in [1.165, 1.54) is 12.1 Å². The number of alkyl halides is 1. The Kier molecular flexibility index (Phi) is 6.56. The molecule has 1 aromatic rings. The van der Waals surface area contributed by atoms with Gasteiger partial charge in [0.2, 0.25) is 0 Å². The molecule has 0 radical (unpaired) electrons. The van der Waals surface area contributed by atoms with E-state index >= 15 is 0 Å². The summed E-state index contributed by atoms with van der Waals surface area (Å²) in [4.78, 5) is 0. The van der Waals surface area contributed by atoms with Gasteiger partial charge in [-0.25, -0.2) is 4.39 Å². The lowest BCUT2D eigenvalue weighted by Gasteiger charge is -2.13. The Morgan fingerprint density at radius 2 is 2.17 bits per heavy atom. The molecule has 0 amide bonds. The zero-order valence-corrected chi connectivity index (χ0v) is 11.3. The second-order valence-corrected chi connectivity index (χ2v) is 4.18. The molecule has 98 valence electrons. The lowest BCUT2D eigenvalue weighted by molar-refractivity contribution is 0.0918. The lowest BCUT2D eigenvalue weighted by Crippen LogP contribution is -2.18. The average Bonchev–Trinajstić information content (AvgIpc) is 2.28. The molecule has 0 saturated heterocycles. The smallest absolute Gasteiger partial charge is 0.128 e. The Bertz CT molecular complexity index is 437. The second kappa shape index (κ2) is 7.97. The molecule has 1 aromatic carbocycles. The third-order valence-corrected chi connectivity index (χ3v) is 2.25. The van der Waals surface area contributed by atoms with E-state index in [4.69, 9.17) is 21.1 Å². The molecule has 0 bridgehead atoms. The van der Waals surface area contributed by atoms with E-state index in [2.05, 4.69) is 11.8 Å². The Morgan fingerprint density at radius 3 is 2.83 bits per heavy atom. The van der Waals surface area contributed by atoms with Gasteiger partial charge in [0.1, 0.15) is 17.7 Å². The van der Waals surface area contributed by atoms with E-state index in [1.807, 2.05) is 6.92 Å². The molecule has 0 aliphatic heterocycles. The third-order valence-electron chi connectivity index (χ3n) is 2.06. The number of benzene rings is 1. The highest BCUT2D eigenvalue weighted by atomic mass is 35.5. The molecule has 1 atom stereocenters. The lowest BCUT2D eigenvalue weighted by atomic mass is 10.2. The van der Waals surface area contributed by atoms with Gasteiger partial charge in [-0.2, -0.15) is 0 Å². The molecule has 2 nitrogen and oxygen atoms in total. The Morgan fingerprint density at radius 1 is 1.39 bits per heavy atom. The van der Waals surface area contributed by atoms with Crippen LogP contribution in [-0.4, -0.2) is 25.7 Å². The number of halogens is 2. The summed E-state index contributed by atoms with van der Waals surface area (Å²) in [5.41, 5.74) is 0.583. The molecule has 0 fully saturated rings. The first-order valence-electron chi connectivity index (χ1n) is 5.66. The molecule has 0 aliphatic rings. The Hall–Kier alpha value is -1.24. The van der Waals surface area contributed by atoms with Gasteiger partial charge in [0.05, 0.1) is 6.61 Å². The van der Waals surface area contributed by atoms with Crippen LogP contribution in [0.25, 0.3) is 0 Å². The van der Waals surface area contributed by atoms with Crippen molar-refractivity contribution >= 4 is 11.6 Å². The van der Waals surface area contributed by atoms with E-state index < -0.39 is 0 Å². The van der Waals surface area contributed by atoms with Crippen molar-refractivity contribution in [3.8, 4) is 17.6 Å². The molecular weight excluding hydrogens is 255 g/mol. The topological polar surface area (TPSA) is 18.5 Å². The minimum absolute atomic E-state index is 0.138. The van der Waals surface area contributed by atoms with Gasteiger partial charge in [-0.05, 0) is 19.1 Å². The predicted octanol–water partition coefficient (Wildman–Crippen LogP) is 3.22. The fourth-order valence-electron chi connectivity index (χ4n) is 1.42. The largest absolute Gasteiger partial charge is 0.488 e. The van der Waals surface area contributed by atoms with Crippen LogP contribution in [0.2, 0.25) is 0 Å². The van der Waals surface area contributed by atoms with Crippen molar-refractivity contribution in [2.75, 3.05) is 19.6 Å². The van der Waals surface area contributed by atoms with E-state index in [0.717, 1.165) is 0 Å². The van der Waals surface area contributed by atoms with Gasteiger partial charge in [-0.3, -0.25) is 0 Å². The maximum absolute atomic E-state index is 13.4. The standard InChI is InChI=1S/C14H16ClFO2/c1-11(10-17-2)18-14-8-12(5-3-4-6-15)7-13(16)9-14/h7-9,11H,4,6,10H2,1-2H3. The monoisotopic (exact) mass is 270 g/mol. The van der Waals surface area contributed by atoms with Gasteiger partial charge in [-0.1, -0.05) is 11.8 Å². The molecule has 4 heteroatoms. The molecule has 0 N–H and O–H groups in total. The van der Waals surface area contributed by atoms with Crippen molar-refractivity contribution in [2.45, 2.75) is 19.4 Å². The van der Waals surface area contributed by atoms with Crippen LogP contribution in [0.5, 0.6) is 5.75 Å². The van der Waals surface area contributed by atoms with Crippen molar-refractivity contribution < 1.29 is 13.9 Å². The second-order valence-electron chi connectivity index (χ2n) is 3.80. The van der Waals surface area contributed by atoms with Crippen LogP contribution >= 0.6 is 11.6 Å². The summed E-state index contributed by atoms with van der Waals surface area (Å²) in [6.07, 6.45) is 0.439. The van der Waals surface area contributed by atoms with Crippen LogP contribution in [0.15, 0.2) is 18.2 Å². The van der Waals surface area contributed by atoms with Gasteiger partial charge in [-0.15, -0.1) is 11.6 Å². The maximum Gasteiger partial charge on any atom is 0.128 e. The van der Waals surface area contributed by atoms with Crippen LogP contribution in [-0.2, 0) is 4.74 Å². The third kappa shape index (κ3) is 5.39. The number of hydrogen-bond donors (Lipinski definition) is 0. The quantitative estimate of drug-likeness (QED) is 0.604. The predicted molar refractivity (Wildman–Crippen MR) is 70.6 cm³/mol. The first-order chi connectivity index (χ1) is 8.65. The number of rotatable bonds is 5. The Balaban J connectivity index is 2.78. The van der Waals surface area contributed by atoms with Gasteiger partial charge >= 0.3 is 0 Å². The Labute approximate surface area is 112 Å². The van der Waals surface area contributed by atoms with E-state index in [-0.39, 0.29) is 11.9 Å². The van der Waals surface area contributed by atoms with Gasteiger partial charge in [0.15, 0.2) is 0 Å². The maximum atomic E-state index is 13.4. The van der Waals surface area contributed by atoms with Gasteiger partial charge in [0.25, 0.3) is 0 Å². The molecular formula is C14H16ClFO2. The minimum Gasteiger partial charge on any atom is -0.488 e. The van der Waals surface area contributed by atoms with Gasteiger partial charge in [0, 0.05) is 31.0 Å². The summed E-state index contributed by atoms with van der Waals surface area (Å²) < 4.78 is 23.8. The molecule has 1 rings (SSSR count). The molecule has 0 saturated carbocycles. The molecule has 0 spiro atoms. The molecule has 0 aromatic heterocycles. The first kappa shape index (κ1) is 14.8. The molecule has 1 unspecified atom stereocenters. The fourth-order valence-corrected chi connectivity index (χ4v) is 1.51. The number of methoxy groups -OCH3 is 1. The zero-order chi connectivity index (χ0) is 13.4.